The summed E-state index contributed by atoms with van der Waals surface area (Å²) >= 11 is 5.98. The highest BCUT2D eigenvalue weighted by atomic mass is 35.5. The fourth-order valence-electron chi connectivity index (χ4n) is 1.84. The van der Waals surface area contributed by atoms with Gasteiger partial charge in [-0.3, -0.25) is 0 Å². The first-order valence-corrected chi connectivity index (χ1v) is 7.03. The SMILES string of the molecule is CCCc1nc(Cl)cc(Oc2ccc(CO)cc2OC)n1. The summed E-state index contributed by atoms with van der Waals surface area (Å²) in [6, 6.07) is 6.75. The lowest BCUT2D eigenvalue weighted by Crippen LogP contribution is -1.99. The lowest BCUT2D eigenvalue weighted by Gasteiger charge is -2.11. The Kier molecular flexibility index (Phi) is 5.36. The first kappa shape index (κ1) is 15.5. The van der Waals surface area contributed by atoms with E-state index in [1.165, 1.54) is 0 Å². The highest BCUT2D eigenvalue weighted by molar-refractivity contribution is 6.29. The molecule has 0 fully saturated rings. The van der Waals surface area contributed by atoms with Crippen molar-refractivity contribution in [2.24, 2.45) is 0 Å². The van der Waals surface area contributed by atoms with Crippen molar-refractivity contribution in [1.82, 2.24) is 9.97 Å². The average Bonchev–Trinajstić information content (AvgIpc) is 2.47. The van der Waals surface area contributed by atoms with Gasteiger partial charge in [0.2, 0.25) is 5.88 Å². The van der Waals surface area contributed by atoms with Crippen LogP contribution in [-0.4, -0.2) is 22.2 Å². The Morgan fingerprint density at radius 2 is 2.00 bits per heavy atom. The molecule has 0 aliphatic heterocycles. The summed E-state index contributed by atoms with van der Waals surface area (Å²) in [5.74, 6) is 2.04. The van der Waals surface area contributed by atoms with E-state index < -0.39 is 0 Å². The van der Waals surface area contributed by atoms with E-state index in [0.717, 1.165) is 18.4 Å². The van der Waals surface area contributed by atoms with Gasteiger partial charge in [-0.15, -0.1) is 0 Å². The molecule has 0 atom stereocenters. The Hall–Kier alpha value is -1.85. The minimum absolute atomic E-state index is 0.0589. The standard InChI is InChI=1S/C15H17ClN2O3/c1-3-4-14-17-13(16)8-15(18-14)21-11-6-5-10(9-19)7-12(11)20-2/h5-8,19H,3-4,9H2,1-2H3. The number of aliphatic hydroxyl groups excluding tert-OH is 1. The van der Waals surface area contributed by atoms with Crippen LogP contribution in [0, 0.1) is 0 Å². The number of benzene rings is 1. The van der Waals surface area contributed by atoms with Crippen molar-refractivity contribution in [3.63, 3.8) is 0 Å². The summed E-state index contributed by atoms with van der Waals surface area (Å²) in [7, 11) is 1.54. The highest BCUT2D eigenvalue weighted by Crippen LogP contribution is 2.32. The van der Waals surface area contributed by atoms with E-state index in [1.807, 2.05) is 6.92 Å². The average molecular weight is 309 g/mol. The molecule has 0 aliphatic carbocycles. The van der Waals surface area contributed by atoms with Crippen LogP contribution in [0.4, 0.5) is 0 Å². The highest BCUT2D eigenvalue weighted by Gasteiger charge is 2.10. The molecule has 112 valence electrons. The molecule has 1 N–H and O–H groups in total. The summed E-state index contributed by atoms with van der Waals surface area (Å²) < 4.78 is 11.0. The van der Waals surface area contributed by atoms with Crippen LogP contribution in [0.1, 0.15) is 24.7 Å². The topological polar surface area (TPSA) is 64.5 Å². The number of nitrogens with zero attached hydrogens (tertiary/aromatic N) is 2. The second-order valence-electron chi connectivity index (χ2n) is 4.44. The Morgan fingerprint density at radius 3 is 2.67 bits per heavy atom. The number of aryl methyl sites for hydroxylation is 1. The fraction of sp³-hybridized carbons (Fsp3) is 0.333. The number of hydrogen-bond donors (Lipinski definition) is 1. The molecule has 5 nitrogen and oxygen atoms in total. The number of halogens is 1. The molecule has 0 bridgehead atoms. The lowest BCUT2D eigenvalue weighted by molar-refractivity contribution is 0.280. The maximum atomic E-state index is 9.14. The molecule has 0 aliphatic rings. The predicted octanol–water partition coefficient (Wildman–Crippen LogP) is 3.38. The van der Waals surface area contributed by atoms with E-state index in [2.05, 4.69) is 9.97 Å². The summed E-state index contributed by atoms with van der Waals surface area (Å²) in [5, 5.41) is 9.48. The second-order valence-corrected chi connectivity index (χ2v) is 4.83. The third-order valence-electron chi connectivity index (χ3n) is 2.82. The summed E-state index contributed by atoms with van der Waals surface area (Å²) in [5.41, 5.74) is 0.742. The molecule has 2 aromatic rings. The van der Waals surface area contributed by atoms with Gasteiger partial charge in [0, 0.05) is 12.5 Å². The maximum Gasteiger partial charge on any atom is 0.224 e. The van der Waals surface area contributed by atoms with Gasteiger partial charge in [0.05, 0.1) is 13.7 Å². The van der Waals surface area contributed by atoms with Crippen LogP contribution in [0.25, 0.3) is 0 Å². The van der Waals surface area contributed by atoms with Crippen molar-refractivity contribution in [2.45, 2.75) is 26.4 Å². The van der Waals surface area contributed by atoms with Crippen LogP contribution in [0.3, 0.4) is 0 Å². The van der Waals surface area contributed by atoms with E-state index in [1.54, 1.807) is 31.4 Å². The van der Waals surface area contributed by atoms with Crippen LogP contribution in [0.15, 0.2) is 24.3 Å². The quantitative estimate of drug-likeness (QED) is 0.829. The van der Waals surface area contributed by atoms with Gasteiger partial charge >= 0.3 is 0 Å². The molecular weight excluding hydrogens is 292 g/mol. The van der Waals surface area contributed by atoms with Gasteiger partial charge in [-0.25, -0.2) is 4.98 Å². The van der Waals surface area contributed by atoms with E-state index >= 15 is 0 Å². The Balaban J connectivity index is 2.29. The van der Waals surface area contributed by atoms with Crippen molar-refractivity contribution in [2.75, 3.05) is 7.11 Å². The first-order chi connectivity index (χ1) is 10.2. The third kappa shape index (κ3) is 4.06. The number of aromatic nitrogens is 2. The normalized spacial score (nSPS) is 10.5. The maximum absolute atomic E-state index is 9.14. The number of rotatable bonds is 6. The molecule has 0 saturated carbocycles. The van der Waals surface area contributed by atoms with Gasteiger partial charge in [0.1, 0.15) is 11.0 Å². The Bertz CT molecular complexity index is 620. The van der Waals surface area contributed by atoms with Crippen LogP contribution < -0.4 is 9.47 Å². The van der Waals surface area contributed by atoms with Crippen molar-refractivity contribution in [3.05, 3.63) is 40.8 Å². The predicted molar refractivity (Wildman–Crippen MR) is 80.0 cm³/mol. The molecule has 1 heterocycles. The molecular formula is C15H17ClN2O3. The van der Waals surface area contributed by atoms with E-state index in [4.69, 9.17) is 26.2 Å². The molecule has 6 heteroatoms. The van der Waals surface area contributed by atoms with Gasteiger partial charge in [-0.2, -0.15) is 4.98 Å². The minimum Gasteiger partial charge on any atom is -0.493 e. The largest absolute Gasteiger partial charge is 0.493 e. The number of ether oxygens (including phenoxy) is 2. The van der Waals surface area contributed by atoms with Gasteiger partial charge in [-0.1, -0.05) is 24.6 Å². The number of hydrogen-bond acceptors (Lipinski definition) is 5. The smallest absolute Gasteiger partial charge is 0.224 e. The zero-order chi connectivity index (χ0) is 15.2. The molecule has 0 radical (unpaired) electrons. The van der Waals surface area contributed by atoms with Gasteiger partial charge in [0.25, 0.3) is 0 Å². The van der Waals surface area contributed by atoms with Crippen molar-refractivity contribution in [3.8, 4) is 17.4 Å². The second kappa shape index (κ2) is 7.24. The molecule has 0 saturated heterocycles. The zero-order valence-corrected chi connectivity index (χ0v) is 12.7. The molecule has 0 amide bonds. The van der Waals surface area contributed by atoms with Gasteiger partial charge < -0.3 is 14.6 Å². The molecule has 21 heavy (non-hydrogen) atoms. The van der Waals surface area contributed by atoms with Crippen molar-refractivity contribution in [1.29, 1.82) is 0 Å². The summed E-state index contributed by atoms with van der Waals surface area (Å²) in [4.78, 5) is 8.46. The number of methoxy groups -OCH3 is 1. The van der Waals surface area contributed by atoms with E-state index in [-0.39, 0.29) is 6.61 Å². The Labute approximate surface area is 128 Å². The molecule has 1 aromatic heterocycles. The lowest BCUT2D eigenvalue weighted by atomic mass is 10.2. The Morgan fingerprint density at radius 1 is 1.19 bits per heavy atom. The summed E-state index contributed by atoms with van der Waals surface area (Å²) in [6.07, 6.45) is 1.66. The van der Waals surface area contributed by atoms with Crippen LogP contribution in [0.2, 0.25) is 5.15 Å². The van der Waals surface area contributed by atoms with E-state index in [0.29, 0.717) is 28.4 Å². The molecule has 2 rings (SSSR count). The first-order valence-electron chi connectivity index (χ1n) is 6.65. The monoisotopic (exact) mass is 308 g/mol. The van der Waals surface area contributed by atoms with Crippen LogP contribution in [0.5, 0.6) is 17.4 Å². The molecule has 1 aromatic carbocycles. The van der Waals surface area contributed by atoms with Crippen LogP contribution >= 0.6 is 11.6 Å². The van der Waals surface area contributed by atoms with Gasteiger partial charge in [0.15, 0.2) is 11.5 Å². The molecule has 0 unspecified atom stereocenters. The minimum atomic E-state index is -0.0589. The van der Waals surface area contributed by atoms with Gasteiger partial charge in [-0.05, 0) is 24.1 Å². The van der Waals surface area contributed by atoms with Crippen molar-refractivity contribution < 1.29 is 14.6 Å². The molecule has 0 spiro atoms. The number of aliphatic hydroxyl groups is 1. The van der Waals surface area contributed by atoms with E-state index in [9.17, 15) is 0 Å². The summed E-state index contributed by atoms with van der Waals surface area (Å²) in [6.45, 7) is 1.98. The third-order valence-corrected chi connectivity index (χ3v) is 3.01. The zero-order valence-electron chi connectivity index (χ0n) is 12.0. The van der Waals surface area contributed by atoms with Crippen LogP contribution in [-0.2, 0) is 13.0 Å². The van der Waals surface area contributed by atoms with Crippen molar-refractivity contribution >= 4 is 11.6 Å². The fourth-order valence-corrected chi connectivity index (χ4v) is 2.03.